The SMILES string of the molecule is CNC1CCC(S(=O)Cc2ccccc2)C1C. The molecule has 0 spiro atoms. The van der Waals surface area contributed by atoms with Crippen LogP contribution in [-0.4, -0.2) is 22.5 Å². The van der Waals surface area contributed by atoms with Crippen LogP contribution in [-0.2, 0) is 16.6 Å². The maximum absolute atomic E-state index is 12.4. The highest BCUT2D eigenvalue weighted by Crippen LogP contribution is 2.30. The van der Waals surface area contributed by atoms with E-state index in [9.17, 15) is 4.21 Å². The molecule has 0 aliphatic heterocycles. The Labute approximate surface area is 106 Å². The van der Waals surface area contributed by atoms with Gasteiger partial charge in [-0.3, -0.25) is 4.21 Å². The summed E-state index contributed by atoms with van der Waals surface area (Å²) in [5, 5.41) is 3.68. The molecular formula is C14H21NOS. The van der Waals surface area contributed by atoms with Crippen molar-refractivity contribution in [3.63, 3.8) is 0 Å². The van der Waals surface area contributed by atoms with Gasteiger partial charge >= 0.3 is 0 Å². The lowest BCUT2D eigenvalue weighted by molar-refractivity contribution is 0.460. The zero-order valence-electron chi connectivity index (χ0n) is 10.6. The van der Waals surface area contributed by atoms with Gasteiger partial charge in [0.25, 0.3) is 0 Å². The highest BCUT2D eigenvalue weighted by Gasteiger charge is 2.35. The van der Waals surface area contributed by atoms with Crippen LogP contribution in [0, 0.1) is 5.92 Å². The molecule has 0 radical (unpaired) electrons. The second-order valence-corrected chi connectivity index (χ2v) is 6.54. The van der Waals surface area contributed by atoms with E-state index < -0.39 is 10.8 Å². The Morgan fingerprint density at radius 2 is 2.00 bits per heavy atom. The molecule has 0 heterocycles. The third kappa shape index (κ3) is 2.96. The van der Waals surface area contributed by atoms with Crippen molar-refractivity contribution in [2.75, 3.05) is 7.05 Å². The van der Waals surface area contributed by atoms with Crippen molar-refractivity contribution in [1.82, 2.24) is 5.32 Å². The van der Waals surface area contributed by atoms with E-state index >= 15 is 0 Å². The van der Waals surface area contributed by atoms with Gasteiger partial charge in [0.1, 0.15) is 0 Å². The average molecular weight is 251 g/mol. The van der Waals surface area contributed by atoms with Crippen LogP contribution in [0.15, 0.2) is 30.3 Å². The van der Waals surface area contributed by atoms with E-state index in [0.29, 0.717) is 23.0 Å². The van der Waals surface area contributed by atoms with Crippen LogP contribution in [0.5, 0.6) is 0 Å². The Bertz CT molecular complexity index is 379. The molecule has 0 bridgehead atoms. The second-order valence-electron chi connectivity index (χ2n) is 4.88. The van der Waals surface area contributed by atoms with Gasteiger partial charge in [0.15, 0.2) is 0 Å². The van der Waals surface area contributed by atoms with Crippen molar-refractivity contribution in [2.45, 2.75) is 36.8 Å². The van der Waals surface area contributed by atoms with Gasteiger partial charge in [0.05, 0.1) is 0 Å². The molecule has 1 aromatic carbocycles. The first kappa shape index (κ1) is 12.8. The molecule has 94 valence electrons. The summed E-state index contributed by atoms with van der Waals surface area (Å²) in [6, 6.07) is 10.7. The maximum atomic E-state index is 12.4. The highest BCUT2D eigenvalue weighted by atomic mass is 32.2. The Morgan fingerprint density at radius 1 is 1.29 bits per heavy atom. The molecule has 1 aliphatic rings. The van der Waals surface area contributed by atoms with E-state index in [2.05, 4.69) is 24.4 Å². The summed E-state index contributed by atoms with van der Waals surface area (Å²) < 4.78 is 12.4. The average Bonchev–Trinajstić information content (AvgIpc) is 2.71. The Kier molecular flexibility index (Phi) is 4.35. The van der Waals surface area contributed by atoms with Crippen LogP contribution >= 0.6 is 0 Å². The van der Waals surface area contributed by atoms with Crippen molar-refractivity contribution in [3.05, 3.63) is 35.9 Å². The monoisotopic (exact) mass is 251 g/mol. The van der Waals surface area contributed by atoms with E-state index in [1.54, 1.807) is 0 Å². The van der Waals surface area contributed by atoms with E-state index in [-0.39, 0.29) is 0 Å². The van der Waals surface area contributed by atoms with Gasteiger partial charge in [-0.25, -0.2) is 0 Å². The van der Waals surface area contributed by atoms with Crippen molar-refractivity contribution in [3.8, 4) is 0 Å². The first-order valence-electron chi connectivity index (χ1n) is 6.30. The Balaban J connectivity index is 1.97. The molecule has 0 saturated heterocycles. The Hall–Kier alpha value is -0.670. The second kappa shape index (κ2) is 5.78. The lowest BCUT2D eigenvalue weighted by Crippen LogP contribution is -2.32. The maximum Gasteiger partial charge on any atom is 0.0488 e. The fraction of sp³-hybridized carbons (Fsp3) is 0.571. The highest BCUT2D eigenvalue weighted by molar-refractivity contribution is 7.84. The number of hydrogen-bond donors (Lipinski definition) is 1. The summed E-state index contributed by atoms with van der Waals surface area (Å²) in [4.78, 5) is 0. The molecule has 2 nitrogen and oxygen atoms in total. The molecule has 4 atom stereocenters. The van der Waals surface area contributed by atoms with Gasteiger partial charge in [-0.1, -0.05) is 37.3 Å². The number of benzene rings is 1. The molecule has 0 amide bonds. The summed E-state index contributed by atoms with van der Waals surface area (Å²) in [5.41, 5.74) is 1.19. The van der Waals surface area contributed by atoms with Crippen LogP contribution in [0.2, 0.25) is 0 Å². The van der Waals surface area contributed by atoms with Crippen LogP contribution in [0.25, 0.3) is 0 Å². The van der Waals surface area contributed by atoms with E-state index in [4.69, 9.17) is 0 Å². The predicted octanol–water partition coefficient (Wildman–Crippen LogP) is 2.32. The number of rotatable bonds is 4. The van der Waals surface area contributed by atoms with Gasteiger partial charge in [-0.2, -0.15) is 0 Å². The van der Waals surface area contributed by atoms with Crippen LogP contribution in [0.1, 0.15) is 25.3 Å². The summed E-state index contributed by atoms with van der Waals surface area (Å²) in [6.45, 7) is 2.22. The normalized spacial score (nSPS) is 30.4. The van der Waals surface area contributed by atoms with Crippen LogP contribution in [0.4, 0.5) is 0 Å². The smallest absolute Gasteiger partial charge is 0.0488 e. The third-order valence-electron chi connectivity index (χ3n) is 3.84. The molecule has 0 aromatic heterocycles. The quantitative estimate of drug-likeness (QED) is 0.890. The van der Waals surface area contributed by atoms with Crippen molar-refractivity contribution < 1.29 is 4.21 Å². The van der Waals surface area contributed by atoms with E-state index in [0.717, 1.165) is 12.8 Å². The molecule has 3 heteroatoms. The predicted molar refractivity (Wildman–Crippen MR) is 73.3 cm³/mol. The molecule has 1 fully saturated rings. The van der Waals surface area contributed by atoms with Gasteiger partial charge in [0.2, 0.25) is 0 Å². The third-order valence-corrected chi connectivity index (χ3v) is 5.80. The van der Waals surface area contributed by atoms with Gasteiger partial charge in [0, 0.05) is 27.8 Å². The fourth-order valence-corrected chi connectivity index (χ4v) is 4.55. The zero-order valence-corrected chi connectivity index (χ0v) is 11.4. The van der Waals surface area contributed by atoms with Crippen LogP contribution < -0.4 is 5.32 Å². The topological polar surface area (TPSA) is 29.1 Å². The fourth-order valence-electron chi connectivity index (χ4n) is 2.75. The van der Waals surface area contributed by atoms with Gasteiger partial charge in [-0.05, 0) is 31.4 Å². The standard InChI is InChI=1S/C14H21NOS/c1-11-13(15-2)8-9-14(11)17(16)10-12-6-4-3-5-7-12/h3-7,11,13-15H,8-10H2,1-2H3. The molecule has 1 saturated carbocycles. The summed E-state index contributed by atoms with van der Waals surface area (Å²) in [5.74, 6) is 1.22. The lowest BCUT2D eigenvalue weighted by Gasteiger charge is -2.19. The van der Waals surface area contributed by atoms with Crippen LogP contribution in [0.3, 0.4) is 0 Å². The minimum atomic E-state index is -0.739. The van der Waals surface area contributed by atoms with Gasteiger partial charge < -0.3 is 5.32 Å². The molecule has 2 rings (SSSR count). The van der Waals surface area contributed by atoms with Crippen molar-refractivity contribution in [1.29, 1.82) is 0 Å². The van der Waals surface area contributed by atoms with Crippen molar-refractivity contribution in [2.24, 2.45) is 5.92 Å². The molecule has 4 unspecified atom stereocenters. The number of hydrogen-bond acceptors (Lipinski definition) is 2. The first-order valence-corrected chi connectivity index (χ1v) is 7.69. The molecule has 17 heavy (non-hydrogen) atoms. The van der Waals surface area contributed by atoms with E-state index in [1.807, 2.05) is 25.2 Å². The first-order chi connectivity index (χ1) is 8.22. The Morgan fingerprint density at radius 3 is 2.59 bits per heavy atom. The van der Waals surface area contributed by atoms with Crippen molar-refractivity contribution >= 4 is 10.8 Å². The zero-order chi connectivity index (χ0) is 12.3. The summed E-state index contributed by atoms with van der Waals surface area (Å²) >= 11 is 0. The van der Waals surface area contributed by atoms with E-state index in [1.165, 1.54) is 5.56 Å². The minimum Gasteiger partial charge on any atom is -0.317 e. The molecule has 1 aliphatic carbocycles. The largest absolute Gasteiger partial charge is 0.317 e. The summed E-state index contributed by atoms with van der Waals surface area (Å²) in [7, 11) is 1.26. The van der Waals surface area contributed by atoms with Gasteiger partial charge in [-0.15, -0.1) is 0 Å². The molecule has 1 N–H and O–H groups in total. The minimum absolute atomic E-state index is 0.354. The summed E-state index contributed by atoms with van der Waals surface area (Å²) in [6.07, 6.45) is 2.25. The molecular weight excluding hydrogens is 230 g/mol. The molecule has 1 aromatic rings. The lowest BCUT2D eigenvalue weighted by atomic mass is 10.1. The number of nitrogens with one attached hydrogen (secondary N) is 1.